The fourth-order valence-corrected chi connectivity index (χ4v) is 4.50. The van der Waals surface area contributed by atoms with Crippen molar-refractivity contribution in [2.24, 2.45) is 0 Å². The number of hydrogen-bond acceptors (Lipinski definition) is 5. The van der Waals surface area contributed by atoms with E-state index >= 15 is 0 Å². The van der Waals surface area contributed by atoms with Crippen molar-refractivity contribution in [3.63, 3.8) is 0 Å². The van der Waals surface area contributed by atoms with Gasteiger partial charge in [0.15, 0.2) is 0 Å². The molecule has 0 saturated carbocycles. The van der Waals surface area contributed by atoms with Crippen molar-refractivity contribution in [1.29, 1.82) is 0 Å². The summed E-state index contributed by atoms with van der Waals surface area (Å²) >= 11 is 0. The summed E-state index contributed by atoms with van der Waals surface area (Å²) in [6, 6.07) is 19.5. The molecule has 170 valence electrons. The van der Waals surface area contributed by atoms with Crippen LogP contribution in [-0.4, -0.2) is 42.8 Å². The van der Waals surface area contributed by atoms with Gasteiger partial charge in [0, 0.05) is 12.3 Å². The van der Waals surface area contributed by atoms with Crippen molar-refractivity contribution < 1.29 is 32.4 Å². The minimum absolute atomic E-state index is 0.0508. The Labute approximate surface area is 190 Å². The maximum absolute atomic E-state index is 12.4. The molecule has 0 spiro atoms. The first-order chi connectivity index (χ1) is 15.7. The molecule has 1 amide bonds. The van der Waals surface area contributed by atoms with Crippen molar-refractivity contribution >= 4 is 22.2 Å². The van der Waals surface area contributed by atoms with E-state index in [0.717, 1.165) is 34.4 Å². The number of amides is 1. The maximum Gasteiger partial charge on any atom is 0.407 e. The molecule has 4 rings (SSSR count). The number of carboxylic acids is 1. The number of nitrogens with one attached hydrogen (secondary N) is 1. The molecule has 0 heterocycles. The molecule has 0 aliphatic heterocycles. The summed E-state index contributed by atoms with van der Waals surface area (Å²) in [4.78, 5) is 23.7. The van der Waals surface area contributed by atoms with Gasteiger partial charge < -0.3 is 15.2 Å². The molecule has 3 aromatic carbocycles. The van der Waals surface area contributed by atoms with E-state index in [1.54, 1.807) is 0 Å². The number of carbonyl (C=O) groups excluding carboxylic acids is 1. The number of aliphatic carboxylic acids is 1. The lowest BCUT2D eigenvalue weighted by Gasteiger charge is -2.17. The highest BCUT2D eigenvalue weighted by molar-refractivity contribution is 7.85. The Morgan fingerprint density at radius 1 is 0.909 bits per heavy atom. The SMILES string of the molecule is O=C(N[C@H](Cc1ccc(S(=O)(=O)O)cc1)C(=O)O)OCC1c2ccccc2-c2ccccc21. The second-order valence-corrected chi connectivity index (χ2v) is 9.11. The van der Waals surface area contributed by atoms with E-state index in [-0.39, 0.29) is 23.8 Å². The Bertz CT molecular complexity index is 1260. The predicted molar refractivity (Wildman–Crippen MR) is 120 cm³/mol. The summed E-state index contributed by atoms with van der Waals surface area (Å²) in [6.45, 7) is 0.0508. The predicted octanol–water partition coefficient (Wildman–Crippen LogP) is 3.47. The molecular formula is C24H21NO7S. The normalized spacial score (nSPS) is 13.6. The number of fused-ring (bicyclic) bond motifs is 3. The van der Waals surface area contributed by atoms with Gasteiger partial charge in [0.05, 0.1) is 4.90 Å². The first-order valence-electron chi connectivity index (χ1n) is 10.1. The number of carboxylic acid groups (broad SMARTS) is 1. The average Bonchev–Trinajstić information content (AvgIpc) is 3.11. The molecule has 0 radical (unpaired) electrons. The number of hydrogen-bond donors (Lipinski definition) is 3. The van der Waals surface area contributed by atoms with Crippen LogP contribution in [0.2, 0.25) is 0 Å². The zero-order valence-electron chi connectivity index (χ0n) is 17.3. The summed E-state index contributed by atoms with van der Waals surface area (Å²) in [5, 5.41) is 11.9. The lowest BCUT2D eigenvalue weighted by molar-refractivity contribution is -0.139. The molecule has 0 aromatic heterocycles. The molecule has 3 N–H and O–H groups in total. The van der Waals surface area contributed by atoms with Gasteiger partial charge in [0.25, 0.3) is 10.1 Å². The molecule has 0 saturated heterocycles. The zero-order valence-corrected chi connectivity index (χ0v) is 18.2. The third-order valence-electron chi connectivity index (χ3n) is 5.59. The van der Waals surface area contributed by atoms with Crippen molar-refractivity contribution in [2.75, 3.05) is 6.61 Å². The Kier molecular flexibility index (Phi) is 6.17. The Balaban J connectivity index is 1.42. The van der Waals surface area contributed by atoms with Crippen molar-refractivity contribution in [3.05, 3.63) is 89.5 Å². The smallest absolute Gasteiger partial charge is 0.407 e. The molecule has 8 nitrogen and oxygen atoms in total. The third-order valence-corrected chi connectivity index (χ3v) is 6.46. The van der Waals surface area contributed by atoms with Crippen LogP contribution < -0.4 is 5.32 Å². The van der Waals surface area contributed by atoms with E-state index in [4.69, 9.17) is 9.29 Å². The number of rotatable bonds is 7. The minimum atomic E-state index is -4.35. The highest BCUT2D eigenvalue weighted by atomic mass is 32.2. The summed E-state index contributed by atoms with van der Waals surface area (Å²) in [7, 11) is -4.35. The largest absolute Gasteiger partial charge is 0.480 e. The quantitative estimate of drug-likeness (QED) is 0.454. The van der Waals surface area contributed by atoms with Gasteiger partial charge in [-0.15, -0.1) is 0 Å². The molecule has 0 fully saturated rings. The van der Waals surface area contributed by atoms with Crippen LogP contribution in [0.3, 0.4) is 0 Å². The van der Waals surface area contributed by atoms with Gasteiger partial charge in [-0.25, -0.2) is 9.59 Å². The third kappa shape index (κ3) is 4.89. The van der Waals surface area contributed by atoms with Crippen LogP contribution in [0.4, 0.5) is 4.79 Å². The lowest BCUT2D eigenvalue weighted by atomic mass is 9.98. The molecule has 33 heavy (non-hydrogen) atoms. The summed E-state index contributed by atoms with van der Waals surface area (Å²) in [5.74, 6) is -1.42. The topological polar surface area (TPSA) is 130 Å². The average molecular weight is 467 g/mol. The Morgan fingerprint density at radius 2 is 1.45 bits per heavy atom. The van der Waals surface area contributed by atoms with Crippen LogP contribution in [0.5, 0.6) is 0 Å². The van der Waals surface area contributed by atoms with Crippen molar-refractivity contribution in [2.45, 2.75) is 23.3 Å². The number of ether oxygens (including phenoxy) is 1. The molecular weight excluding hydrogens is 446 g/mol. The molecule has 9 heteroatoms. The van der Waals surface area contributed by atoms with Gasteiger partial charge in [0.2, 0.25) is 0 Å². The summed E-state index contributed by atoms with van der Waals surface area (Å²) < 4.78 is 36.7. The Morgan fingerprint density at radius 3 is 1.97 bits per heavy atom. The molecule has 1 atom stereocenters. The van der Waals surface area contributed by atoms with Gasteiger partial charge in [-0.3, -0.25) is 4.55 Å². The van der Waals surface area contributed by atoms with E-state index in [0.29, 0.717) is 5.56 Å². The van der Waals surface area contributed by atoms with Crippen LogP contribution in [0.25, 0.3) is 11.1 Å². The molecule has 1 aliphatic rings. The first kappa shape index (κ1) is 22.5. The summed E-state index contributed by atoms with van der Waals surface area (Å²) in [6.07, 6.45) is -0.954. The fourth-order valence-electron chi connectivity index (χ4n) is 4.02. The van der Waals surface area contributed by atoms with Crippen molar-refractivity contribution in [1.82, 2.24) is 5.32 Å². The van der Waals surface area contributed by atoms with E-state index < -0.39 is 28.2 Å². The zero-order chi connectivity index (χ0) is 23.6. The van der Waals surface area contributed by atoms with E-state index in [2.05, 4.69) is 5.32 Å². The van der Waals surface area contributed by atoms with Gasteiger partial charge in [-0.05, 0) is 39.9 Å². The monoisotopic (exact) mass is 467 g/mol. The van der Waals surface area contributed by atoms with Crippen molar-refractivity contribution in [3.8, 4) is 11.1 Å². The number of alkyl carbamates (subject to hydrolysis) is 1. The molecule has 1 aliphatic carbocycles. The van der Waals surface area contributed by atoms with Crippen LogP contribution in [0.15, 0.2) is 77.7 Å². The fraction of sp³-hybridized carbons (Fsp3) is 0.167. The maximum atomic E-state index is 12.4. The highest BCUT2D eigenvalue weighted by Crippen LogP contribution is 2.44. The van der Waals surface area contributed by atoms with Crippen LogP contribution >= 0.6 is 0 Å². The minimum Gasteiger partial charge on any atom is -0.480 e. The molecule has 0 unspecified atom stereocenters. The Hall–Kier alpha value is -3.69. The van der Waals surface area contributed by atoms with Gasteiger partial charge >= 0.3 is 12.1 Å². The van der Waals surface area contributed by atoms with Crippen LogP contribution in [0.1, 0.15) is 22.6 Å². The first-order valence-corrected chi connectivity index (χ1v) is 11.6. The highest BCUT2D eigenvalue weighted by Gasteiger charge is 2.29. The number of carbonyl (C=O) groups is 2. The summed E-state index contributed by atoms with van der Waals surface area (Å²) in [5.41, 5.74) is 4.71. The van der Waals surface area contributed by atoms with Gasteiger partial charge in [-0.1, -0.05) is 60.7 Å². The van der Waals surface area contributed by atoms with E-state index in [1.165, 1.54) is 12.1 Å². The lowest BCUT2D eigenvalue weighted by Crippen LogP contribution is -2.42. The second kappa shape index (κ2) is 9.05. The number of benzene rings is 3. The molecule has 0 bridgehead atoms. The standard InChI is InChI=1S/C24H21NO7S/c26-23(27)22(13-15-9-11-16(12-10-15)33(29,30)31)25-24(28)32-14-21-19-7-3-1-5-17(19)18-6-2-4-8-20(18)21/h1-12,21-22H,13-14H2,(H,25,28)(H,26,27)(H,29,30,31)/t22-/m1/s1. The molecule has 3 aromatic rings. The van der Waals surface area contributed by atoms with Gasteiger partial charge in [0.1, 0.15) is 12.6 Å². The van der Waals surface area contributed by atoms with E-state index in [9.17, 15) is 23.1 Å². The van der Waals surface area contributed by atoms with Crippen LogP contribution in [0, 0.1) is 0 Å². The van der Waals surface area contributed by atoms with E-state index in [1.807, 2.05) is 48.5 Å². The van der Waals surface area contributed by atoms with Gasteiger partial charge in [-0.2, -0.15) is 8.42 Å². The van der Waals surface area contributed by atoms with Crippen LogP contribution in [-0.2, 0) is 26.1 Å². The second-order valence-electron chi connectivity index (χ2n) is 7.68.